The Morgan fingerprint density at radius 2 is 2.10 bits per heavy atom. The van der Waals surface area contributed by atoms with Crippen molar-refractivity contribution in [2.24, 2.45) is 0 Å². The number of benzene rings is 1. The maximum Gasteiger partial charge on any atom is 0.274 e. The van der Waals surface area contributed by atoms with Crippen LogP contribution in [0.1, 0.15) is 41.0 Å². The zero-order valence-corrected chi connectivity index (χ0v) is 17.0. The summed E-state index contributed by atoms with van der Waals surface area (Å²) in [5.41, 5.74) is 1.82. The standard InChI is InChI=1S/C23H28N4O2/c1-3-11-26-12-6-9-23(10-13-26)17-27(16-19-7-4-5-8-21(19)29-23)22(28)20-15-24-18(2)14-25-20/h3-5,7-8,14-15H,1,6,9-13,16-17H2,2H3. The second-order valence-electron chi connectivity index (χ2n) is 8.04. The van der Waals surface area contributed by atoms with Gasteiger partial charge in [-0.25, -0.2) is 4.98 Å². The molecule has 1 spiro atoms. The van der Waals surface area contributed by atoms with Crippen LogP contribution in [-0.4, -0.2) is 57.5 Å². The third kappa shape index (κ3) is 4.32. The number of aryl methyl sites for hydroxylation is 1. The Morgan fingerprint density at radius 1 is 1.24 bits per heavy atom. The second-order valence-corrected chi connectivity index (χ2v) is 8.04. The molecule has 6 nitrogen and oxygen atoms in total. The van der Waals surface area contributed by atoms with E-state index in [4.69, 9.17) is 4.74 Å². The second kappa shape index (κ2) is 8.33. The van der Waals surface area contributed by atoms with E-state index in [1.165, 1.54) is 0 Å². The predicted octanol–water partition coefficient (Wildman–Crippen LogP) is 3.23. The van der Waals surface area contributed by atoms with Crippen LogP contribution in [0.4, 0.5) is 0 Å². The highest BCUT2D eigenvalue weighted by Crippen LogP contribution is 2.36. The molecule has 0 bridgehead atoms. The van der Waals surface area contributed by atoms with E-state index in [0.29, 0.717) is 18.8 Å². The number of fused-ring (bicyclic) bond motifs is 1. The summed E-state index contributed by atoms with van der Waals surface area (Å²) in [5.74, 6) is 0.791. The average molecular weight is 393 g/mol. The summed E-state index contributed by atoms with van der Waals surface area (Å²) in [6.45, 7) is 9.65. The zero-order chi connectivity index (χ0) is 20.3. The SMILES string of the molecule is C=CCN1CCCC2(CC1)CN(C(=O)c1cnc(C)cn1)Cc1ccccc1O2. The van der Waals surface area contributed by atoms with Crippen LogP contribution in [0.2, 0.25) is 0 Å². The Morgan fingerprint density at radius 3 is 2.90 bits per heavy atom. The molecule has 0 saturated carbocycles. The lowest BCUT2D eigenvalue weighted by Crippen LogP contribution is -2.48. The molecule has 2 aliphatic rings. The van der Waals surface area contributed by atoms with Crippen molar-refractivity contribution in [2.45, 2.75) is 38.3 Å². The molecule has 1 amide bonds. The van der Waals surface area contributed by atoms with Gasteiger partial charge in [0.05, 0.1) is 18.4 Å². The minimum absolute atomic E-state index is 0.0932. The van der Waals surface area contributed by atoms with Gasteiger partial charge in [-0.2, -0.15) is 0 Å². The van der Waals surface area contributed by atoms with Crippen LogP contribution in [0.5, 0.6) is 5.75 Å². The van der Waals surface area contributed by atoms with Crippen LogP contribution in [0.15, 0.2) is 49.3 Å². The molecule has 2 aromatic rings. The van der Waals surface area contributed by atoms with Crippen LogP contribution in [0, 0.1) is 6.92 Å². The number of hydrogen-bond donors (Lipinski definition) is 0. The monoisotopic (exact) mass is 392 g/mol. The third-order valence-electron chi connectivity index (χ3n) is 5.80. The molecule has 1 aromatic carbocycles. The van der Waals surface area contributed by atoms with Crippen LogP contribution >= 0.6 is 0 Å². The van der Waals surface area contributed by atoms with Crippen molar-refractivity contribution in [3.63, 3.8) is 0 Å². The summed E-state index contributed by atoms with van der Waals surface area (Å²) in [5, 5.41) is 0. The topological polar surface area (TPSA) is 58.6 Å². The van der Waals surface area contributed by atoms with Gasteiger partial charge < -0.3 is 9.64 Å². The summed E-state index contributed by atoms with van der Waals surface area (Å²) in [4.78, 5) is 26.2. The highest BCUT2D eigenvalue weighted by molar-refractivity contribution is 5.92. The number of carbonyl (C=O) groups is 1. The minimum atomic E-state index is -0.393. The molecular weight excluding hydrogens is 364 g/mol. The van der Waals surface area contributed by atoms with E-state index >= 15 is 0 Å². The molecule has 29 heavy (non-hydrogen) atoms. The lowest BCUT2D eigenvalue weighted by Gasteiger charge is -2.35. The maximum atomic E-state index is 13.3. The molecule has 0 radical (unpaired) electrons. The molecule has 4 rings (SSSR count). The van der Waals surface area contributed by atoms with Crippen molar-refractivity contribution in [1.82, 2.24) is 19.8 Å². The van der Waals surface area contributed by atoms with Gasteiger partial charge in [0.15, 0.2) is 0 Å². The molecule has 0 aliphatic carbocycles. The molecule has 1 saturated heterocycles. The Labute approximate surface area is 172 Å². The van der Waals surface area contributed by atoms with Crippen LogP contribution in [0.25, 0.3) is 0 Å². The van der Waals surface area contributed by atoms with E-state index in [9.17, 15) is 4.79 Å². The molecule has 152 valence electrons. The van der Waals surface area contributed by atoms with Gasteiger partial charge in [0.2, 0.25) is 0 Å². The highest BCUT2D eigenvalue weighted by atomic mass is 16.5. The van der Waals surface area contributed by atoms with Gasteiger partial charge in [0.25, 0.3) is 5.91 Å². The molecular formula is C23H28N4O2. The van der Waals surface area contributed by atoms with Gasteiger partial charge in [-0.1, -0.05) is 24.3 Å². The first kappa shape index (κ1) is 19.6. The number of amides is 1. The first-order chi connectivity index (χ1) is 14.1. The van der Waals surface area contributed by atoms with Gasteiger partial charge in [-0.3, -0.25) is 14.7 Å². The fraction of sp³-hybridized carbons (Fsp3) is 0.435. The van der Waals surface area contributed by atoms with Gasteiger partial charge in [0, 0.05) is 37.8 Å². The third-order valence-corrected chi connectivity index (χ3v) is 5.80. The zero-order valence-electron chi connectivity index (χ0n) is 17.0. The molecule has 0 N–H and O–H groups in total. The van der Waals surface area contributed by atoms with E-state index in [1.54, 1.807) is 12.4 Å². The van der Waals surface area contributed by atoms with E-state index in [0.717, 1.165) is 55.9 Å². The lowest BCUT2D eigenvalue weighted by molar-refractivity contribution is 0.0215. The van der Waals surface area contributed by atoms with E-state index in [2.05, 4.69) is 21.4 Å². The van der Waals surface area contributed by atoms with Crippen LogP contribution < -0.4 is 4.74 Å². The number of nitrogens with zero attached hydrogens (tertiary/aromatic N) is 4. The number of hydrogen-bond acceptors (Lipinski definition) is 5. The first-order valence-electron chi connectivity index (χ1n) is 10.3. The lowest BCUT2D eigenvalue weighted by atomic mass is 9.93. The number of ether oxygens (including phenoxy) is 1. The molecule has 1 atom stereocenters. The Bertz CT molecular complexity index is 883. The van der Waals surface area contributed by atoms with Gasteiger partial charge in [-0.05, 0) is 32.4 Å². The summed E-state index contributed by atoms with van der Waals surface area (Å²) in [6.07, 6.45) is 7.98. The van der Waals surface area contributed by atoms with E-state index in [1.807, 2.05) is 42.2 Å². The minimum Gasteiger partial charge on any atom is -0.485 e. The fourth-order valence-corrected chi connectivity index (χ4v) is 4.27. The van der Waals surface area contributed by atoms with Gasteiger partial charge in [-0.15, -0.1) is 6.58 Å². The molecule has 1 aromatic heterocycles. The summed E-state index contributed by atoms with van der Waals surface area (Å²) < 4.78 is 6.64. The number of para-hydroxylation sites is 1. The smallest absolute Gasteiger partial charge is 0.274 e. The molecule has 1 unspecified atom stereocenters. The maximum absolute atomic E-state index is 13.3. The van der Waals surface area contributed by atoms with E-state index in [-0.39, 0.29) is 5.91 Å². The van der Waals surface area contributed by atoms with Crippen molar-refractivity contribution >= 4 is 5.91 Å². The number of aromatic nitrogens is 2. The van der Waals surface area contributed by atoms with Crippen molar-refractivity contribution in [2.75, 3.05) is 26.2 Å². The molecule has 2 aliphatic heterocycles. The largest absolute Gasteiger partial charge is 0.485 e. The predicted molar refractivity (Wildman–Crippen MR) is 112 cm³/mol. The van der Waals surface area contributed by atoms with Crippen LogP contribution in [-0.2, 0) is 6.54 Å². The van der Waals surface area contributed by atoms with Crippen molar-refractivity contribution < 1.29 is 9.53 Å². The molecule has 1 fully saturated rings. The molecule has 6 heteroatoms. The number of carbonyl (C=O) groups excluding carboxylic acids is 1. The first-order valence-corrected chi connectivity index (χ1v) is 10.3. The Kier molecular flexibility index (Phi) is 5.62. The number of rotatable bonds is 3. The van der Waals surface area contributed by atoms with Gasteiger partial charge in [0.1, 0.15) is 17.0 Å². The average Bonchev–Trinajstić information content (AvgIpc) is 3.02. The summed E-state index contributed by atoms with van der Waals surface area (Å²) in [6, 6.07) is 8.04. The Balaban J connectivity index is 1.65. The quantitative estimate of drug-likeness (QED) is 0.751. The van der Waals surface area contributed by atoms with Crippen molar-refractivity contribution in [3.8, 4) is 5.75 Å². The van der Waals surface area contributed by atoms with Crippen molar-refractivity contribution in [1.29, 1.82) is 0 Å². The van der Waals surface area contributed by atoms with Gasteiger partial charge >= 0.3 is 0 Å². The van der Waals surface area contributed by atoms with Crippen molar-refractivity contribution in [3.05, 3.63) is 66.3 Å². The fourth-order valence-electron chi connectivity index (χ4n) is 4.27. The van der Waals surface area contributed by atoms with E-state index < -0.39 is 5.60 Å². The Hall–Kier alpha value is -2.73. The van der Waals surface area contributed by atoms with Crippen LogP contribution in [0.3, 0.4) is 0 Å². The highest BCUT2D eigenvalue weighted by Gasteiger charge is 2.40. The number of likely N-dealkylation sites (tertiary alicyclic amines) is 1. The normalized spacial score (nSPS) is 22.3. The molecule has 3 heterocycles. The summed E-state index contributed by atoms with van der Waals surface area (Å²) in [7, 11) is 0. The summed E-state index contributed by atoms with van der Waals surface area (Å²) >= 11 is 0.